The number of nitro benzene ring substituents is 2. The second-order valence-electron chi connectivity index (χ2n) is 4.16. The van der Waals surface area contributed by atoms with E-state index < -0.39 is 15.8 Å². The summed E-state index contributed by atoms with van der Waals surface area (Å²) in [4.78, 5) is 29.6. The second kappa shape index (κ2) is 7.48. The van der Waals surface area contributed by atoms with Gasteiger partial charge in [0.05, 0.1) is 21.5 Å². The number of nitro groups is 2. The van der Waals surface area contributed by atoms with Gasteiger partial charge >= 0.3 is 5.97 Å². The molecule has 114 valence electrons. The van der Waals surface area contributed by atoms with Gasteiger partial charge in [-0.25, -0.2) is 4.79 Å². The fourth-order valence-corrected chi connectivity index (χ4v) is 1.49. The summed E-state index contributed by atoms with van der Waals surface area (Å²) in [6.45, 7) is 1.53. The SMILES string of the molecule is Cc1ccc([N+](=O)[O-])cc1[N+](=O)[O-].O=C(O)c1ccccc1. The number of hydrogen-bond donors (Lipinski definition) is 1. The standard InChI is InChI=1S/C7H6N2O4.C7H6O2/c1-5-2-3-6(8(10)11)4-7(5)9(12)13;8-7(9)6-4-2-1-3-5-6/h2-4H,1H3;1-5H,(H,8,9). The van der Waals surface area contributed by atoms with E-state index in [1.54, 1.807) is 30.3 Å². The third kappa shape index (κ3) is 4.67. The van der Waals surface area contributed by atoms with Crippen molar-refractivity contribution >= 4 is 17.3 Å². The number of aromatic carboxylic acids is 1. The van der Waals surface area contributed by atoms with E-state index >= 15 is 0 Å². The minimum atomic E-state index is -0.879. The molecular weight excluding hydrogens is 292 g/mol. The van der Waals surface area contributed by atoms with Crippen molar-refractivity contribution in [1.82, 2.24) is 0 Å². The molecule has 0 aliphatic heterocycles. The van der Waals surface area contributed by atoms with Crippen LogP contribution in [-0.4, -0.2) is 20.9 Å². The van der Waals surface area contributed by atoms with Gasteiger partial charge in [0, 0.05) is 11.6 Å². The lowest BCUT2D eigenvalue weighted by atomic mass is 10.2. The monoisotopic (exact) mass is 304 g/mol. The van der Waals surface area contributed by atoms with Crippen molar-refractivity contribution in [2.24, 2.45) is 0 Å². The van der Waals surface area contributed by atoms with E-state index in [0.717, 1.165) is 6.07 Å². The molecule has 0 atom stereocenters. The Hall–Kier alpha value is -3.29. The van der Waals surface area contributed by atoms with Gasteiger partial charge in [-0.3, -0.25) is 20.2 Å². The number of carboxylic acid groups (broad SMARTS) is 1. The van der Waals surface area contributed by atoms with E-state index in [1.165, 1.54) is 19.1 Å². The van der Waals surface area contributed by atoms with Crippen LogP contribution in [0, 0.1) is 27.2 Å². The van der Waals surface area contributed by atoms with E-state index in [1.807, 2.05) is 0 Å². The summed E-state index contributed by atoms with van der Waals surface area (Å²) in [5, 5.41) is 29.0. The summed E-state index contributed by atoms with van der Waals surface area (Å²) in [7, 11) is 0. The minimum Gasteiger partial charge on any atom is -0.478 e. The summed E-state index contributed by atoms with van der Waals surface area (Å²) in [6, 6.07) is 11.8. The van der Waals surface area contributed by atoms with E-state index in [-0.39, 0.29) is 11.4 Å². The number of rotatable bonds is 3. The van der Waals surface area contributed by atoms with Crippen LogP contribution in [0.15, 0.2) is 48.5 Å². The third-order valence-corrected chi connectivity index (χ3v) is 2.62. The van der Waals surface area contributed by atoms with Crippen LogP contribution in [0.1, 0.15) is 15.9 Å². The van der Waals surface area contributed by atoms with E-state index in [0.29, 0.717) is 11.1 Å². The Bertz CT molecular complexity index is 700. The largest absolute Gasteiger partial charge is 0.478 e. The van der Waals surface area contributed by atoms with Crippen LogP contribution in [0.2, 0.25) is 0 Å². The quantitative estimate of drug-likeness (QED) is 0.685. The van der Waals surface area contributed by atoms with Gasteiger partial charge in [0.1, 0.15) is 0 Å². The number of aryl methyl sites for hydroxylation is 1. The molecule has 0 bridgehead atoms. The molecule has 8 heteroatoms. The molecule has 0 spiro atoms. The maximum Gasteiger partial charge on any atom is 0.335 e. The molecule has 0 saturated carbocycles. The highest BCUT2D eigenvalue weighted by Gasteiger charge is 2.15. The molecule has 0 heterocycles. The number of carbonyl (C=O) groups is 1. The highest BCUT2D eigenvalue weighted by atomic mass is 16.6. The zero-order valence-corrected chi connectivity index (χ0v) is 11.5. The van der Waals surface area contributed by atoms with Gasteiger partial charge in [-0.1, -0.05) is 18.2 Å². The molecule has 8 nitrogen and oxygen atoms in total. The maximum atomic E-state index is 10.4. The lowest BCUT2D eigenvalue weighted by Crippen LogP contribution is -1.94. The van der Waals surface area contributed by atoms with Gasteiger partial charge in [-0.15, -0.1) is 0 Å². The fraction of sp³-hybridized carbons (Fsp3) is 0.0714. The van der Waals surface area contributed by atoms with Gasteiger partial charge in [0.15, 0.2) is 0 Å². The van der Waals surface area contributed by atoms with E-state index in [2.05, 4.69) is 0 Å². The molecular formula is C14H12N2O6. The van der Waals surface area contributed by atoms with Crippen LogP contribution in [0.5, 0.6) is 0 Å². The number of non-ortho nitro benzene ring substituents is 1. The molecule has 0 aliphatic rings. The zero-order valence-electron chi connectivity index (χ0n) is 11.5. The molecule has 0 radical (unpaired) electrons. The van der Waals surface area contributed by atoms with Crippen molar-refractivity contribution in [2.45, 2.75) is 6.92 Å². The third-order valence-electron chi connectivity index (χ3n) is 2.62. The Morgan fingerprint density at radius 2 is 1.59 bits per heavy atom. The van der Waals surface area contributed by atoms with Gasteiger partial charge in [0.2, 0.25) is 0 Å². The van der Waals surface area contributed by atoms with Crippen molar-refractivity contribution in [3.05, 3.63) is 79.9 Å². The summed E-state index contributed by atoms with van der Waals surface area (Å²) < 4.78 is 0. The van der Waals surface area contributed by atoms with Gasteiger partial charge < -0.3 is 5.11 Å². The molecule has 0 aliphatic carbocycles. The number of nitrogens with zero attached hydrogens (tertiary/aromatic N) is 2. The number of hydrogen-bond acceptors (Lipinski definition) is 5. The Balaban J connectivity index is 0.000000235. The van der Waals surface area contributed by atoms with Gasteiger partial charge in [0.25, 0.3) is 11.4 Å². The molecule has 0 saturated heterocycles. The molecule has 2 rings (SSSR count). The Kier molecular flexibility index (Phi) is 5.70. The first kappa shape index (κ1) is 16.8. The molecule has 0 amide bonds. The Morgan fingerprint density at radius 3 is 2.00 bits per heavy atom. The first-order chi connectivity index (χ1) is 10.3. The average molecular weight is 304 g/mol. The smallest absolute Gasteiger partial charge is 0.335 e. The lowest BCUT2D eigenvalue weighted by molar-refractivity contribution is -0.394. The summed E-state index contributed by atoms with van der Waals surface area (Å²) in [5.74, 6) is -0.879. The number of benzene rings is 2. The molecule has 2 aromatic rings. The molecule has 22 heavy (non-hydrogen) atoms. The van der Waals surface area contributed by atoms with Crippen LogP contribution in [0.4, 0.5) is 11.4 Å². The average Bonchev–Trinajstić information content (AvgIpc) is 2.48. The van der Waals surface area contributed by atoms with E-state index in [4.69, 9.17) is 5.11 Å². The maximum absolute atomic E-state index is 10.4. The predicted octanol–water partition coefficient (Wildman–Crippen LogP) is 3.20. The summed E-state index contributed by atoms with van der Waals surface area (Å²) in [5.41, 5.74) is 0.250. The van der Waals surface area contributed by atoms with Crippen LogP contribution < -0.4 is 0 Å². The van der Waals surface area contributed by atoms with Crippen molar-refractivity contribution in [2.75, 3.05) is 0 Å². The van der Waals surface area contributed by atoms with Crippen LogP contribution in [0.3, 0.4) is 0 Å². The van der Waals surface area contributed by atoms with Crippen LogP contribution in [0.25, 0.3) is 0 Å². The van der Waals surface area contributed by atoms with Gasteiger partial charge in [-0.2, -0.15) is 0 Å². The normalized spacial score (nSPS) is 9.32. The van der Waals surface area contributed by atoms with Crippen LogP contribution >= 0.6 is 0 Å². The first-order valence-electron chi connectivity index (χ1n) is 6.00. The first-order valence-corrected chi connectivity index (χ1v) is 6.00. The molecule has 0 unspecified atom stereocenters. The highest BCUT2D eigenvalue weighted by molar-refractivity contribution is 5.87. The lowest BCUT2D eigenvalue weighted by Gasteiger charge is -1.95. The highest BCUT2D eigenvalue weighted by Crippen LogP contribution is 2.23. The fourth-order valence-electron chi connectivity index (χ4n) is 1.49. The number of carboxylic acids is 1. The molecule has 0 fully saturated rings. The van der Waals surface area contributed by atoms with Crippen molar-refractivity contribution < 1.29 is 19.7 Å². The molecule has 1 N–H and O–H groups in total. The van der Waals surface area contributed by atoms with Crippen molar-refractivity contribution in [1.29, 1.82) is 0 Å². The minimum absolute atomic E-state index is 0.228. The predicted molar refractivity (Wildman–Crippen MR) is 77.9 cm³/mol. The van der Waals surface area contributed by atoms with Crippen molar-refractivity contribution in [3.8, 4) is 0 Å². The topological polar surface area (TPSA) is 124 Å². The zero-order chi connectivity index (χ0) is 16.7. The Labute approximate surface area is 124 Å². The van der Waals surface area contributed by atoms with E-state index in [9.17, 15) is 25.0 Å². The Morgan fingerprint density at radius 1 is 1.00 bits per heavy atom. The molecule has 0 aromatic heterocycles. The second-order valence-corrected chi connectivity index (χ2v) is 4.16. The van der Waals surface area contributed by atoms with Crippen LogP contribution in [-0.2, 0) is 0 Å². The van der Waals surface area contributed by atoms with Crippen molar-refractivity contribution in [3.63, 3.8) is 0 Å². The summed E-state index contributed by atoms with van der Waals surface area (Å²) in [6.07, 6.45) is 0. The van der Waals surface area contributed by atoms with Gasteiger partial charge in [-0.05, 0) is 25.1 Å². The molecule has 2 aromatic carbocycles. The summed E-state index contributed by atoms with van der Waals surface area (Å²) >= 11 is 0.